The number of benzene rings is 1. The van der Waals surface area contributed by atoms with Crippen molar-refractivity contribution in [3.05, 3.63) is 34.1 Å². The number of hydrogen-bond donors (Lipinski definition) is 1. The molecule has 0 radical (unpaired) electrons. The van der Waals surface area contributed by atoms with E-state index >= 15 is 0 Å². The van der Waals surface area contributed by atoms with E-state index in [0.717, 1.165) is 31.7 Å². The first kappa shape index (κ1) is 14.0. The first-order valence-electron chi connectivity index (χ1n) is 6.34. The average molecular weight is 315 g/mol. The molecule has 18 heavy (non-hydrogen) atoms. The summed E-state index contributed by atoms with van der Waals surface area (Å²) in [6, 6.07) is 5.25. The van der Waals surface area contributed by atoms with E-state index in [9.17, 15) is 4.39 Å². The molecule has 0 saturated carbocycles. The highest BCUT2D eigenvalue weighted by Crippen LogP contribution is 2.31. The third-order valence-electron chi connectivity index (χ3n) is 3.67. The molecule has 1 saturated heterocycles. The van der Waals surface area contributed by atoms with Crippen molar-refractivity contribution in [2.75, 3.05) is 26.7 Å². The van der Waals surface area contributed by atoms with Crippen molar-refractivity contribution >= 4 is 15.9 Å². The van der Waals surface area contributed by atoms with Crippen molar-refractivity contribution < 1.29 is 4.39 Å². The van der Waals surface area contributed by atoms with Gasteiger partial charge in [0.1, 0.15) is 5.82 Å². The van der Waals surface area contributed by atoms with Crippen molar-refractivity contribution in [3.63, 3.8) is 0 Å². The zero-order valence-corrected chi connectivity index (χ0v) is 12.6. The Hall–Kier alpha value is -0.450. The van der Waals surface area contributed by atoms with E-state index in [1.54, 1.807) is 6.07 Å². The van der Waals surface area contributed by atoms with Crippen LogP contribution < -0.4 is 5.32 Å². The topological polar surface area (TPSA) is 15.3 Å². The fourth-order valence-corrected chi connectivity index (χ4v) is 3.13. The van der Waals surface area contributed by atoms with Crippen LogP contribution in [-0.2, 0) is 6.54 Å². The molecule has 1 aromatic carbocycles. The lowest BCUT2D eigenvalue weighted by Crippen LogP contribution is -2.32. The zero-order chi connectivity index (χ0) is 13.2. The van der Waals surface area contributed by atoms with Gasteiger partial charge < -0.3 is 5.32 Å². The van der Waals surface area contributed by atoms with Crippen molar-refractivity contribution in [1.29, 1.82) is 0 Å². The van der Waals surface area contributed by atoms with E-state index in [2.05, 4.69) is 33.1 Å². The van der Waals surface area contributed by atoms with Crippen molar-refractivity contribution in [2.45, 2.75) is 19.9 Å². The highest BCUT2D eigenvalue weighted by atomic mass is 79.9. The number of rotatable bonds is 4. The Kier molecular flexibility index (Phi) is 4.41. The monoisotopic (exact) mass is 314 g/mol. The van der Waals surface area contributed by atoms with Gasteiger partial charge in [0, 0.05) is 19.6 Å². The quantitative estimate of drug-likeness (QED) is 0.919. The Balaban J connectivity index is 2.01. The van der Waals surface area contributed by atoms with Gasteiger partial charge >= 0.3 is 0 Å². The highest BCUT2D eigenvalue weighted by Gasteiger charge is 2.33. The minimum absolute atomic E-state index is 0.176. The van der Waals surface area contributed by atoms with Crippen LogP contribution in [0.15, 0.2) is 22.7 Å². The zero-order valence-electron chi connectivity index (χ0n) is 11.0. The maximum absolute atomic E-state index is 13.5. The molecule has 1 unspecified atom stereocenters. The van der Waals surface area contributed by atoms with Gasteiger partial charge in [-0.05, 0) is 53.0 Å². The third-order valence-corrected chi connectivity index (χ3v) is 4.55. The summed E-state index contributed by atoms with van der Waals surface area (Å²) in [5, 5.41) is 3.26. The van der Waals surface area contributed by atoms with Crippen LogP contribution in [0.2, 0.25) is 0 Å². The van der Waals surface area contributed by atoms with Crippen LogP contribution in [0.4, 0.5) is 4.39 Å². The molecule has 1 fully saturated rings. The Labute approximate surface area is 117 Å². The first-order valence-corrected chi connectivity index (χ1v) is 7.13. The van der Waals surface area contributed by atoms with E-state index in [1.165, 1.54) is 12.5 Å². The third kappa shape index (κ3) is 3.11. The Morgan fingerprint density at radius 3 is 3.00 bits per heavy atom. The summed E-state index contributed by atoms with van der Waals surface area (Å²) in [6.45, 7) is 6.31. The Morgan fingerprint density at radius 1 is 1.50 bits per heavy atom. The second-order valence-corrected chi connectivity index (χ2v) is 6.31. The van der Waals surface area contributed by atoms with Gasteiger partial charge in [-0.3, -0.25) is 4.90 Å². The van der Waals surface area contributed by atoms with Crippen LogP contribution >= 0.6 is 15.9 Å². The molecule has 2 nitrogen and oxygen atoms in total. The lowest BCUT2D eigenvalue weighted by molar-refractivity contribution is 0.265. The molecule has 4 heteroatoms. The summed E-state index contributed by atoms with van der Waals surface area (Å²) in [6.07, 6.45) is 1.20. The van der Waals surface area contributed by atoms with Gasteiger partial charge in [0.25, 0.3) is 0 Å². The predicted octanol–water partition coefficient (Wildman–Crippen LogP) is 3.02. The van der Waals surface area contributed by atoms with E-state index in [1.807, 2.05) is 13.1 Å². The molecule has 1 aromatic rings. The molecule has 0 aromatic heterocycles. The summed E-state index contributed by atoms with van der Waals surface area (Å²) in [7, 11) is 2.00. The molecule has 1 aliphatic rings. The molecule has 0 bridgehead atoms. The molecule has 0 amide bonds. The van der Waals surface area contributed by atoms with Gasteiger partial charge in [-0.15, -0.1) is 0 Å². The summed E-state index contributed by atoms with van der Waals surface area (Å²) in [5.41, 5.74) is 1.37. The van der Waals surface area contributed by atoms with Crippen LogP contribution in [0.5, 0.6) is 0 Å². The Bertz CT molecular complexity index is 424. The lowest BCUT2D eigenvalue weighted by atomic mass is 9.90. The van der Waals surface area contributed by atoms with E-state index < -0.39 is 0 Å². The normalized spacial score (nSPS) is 24.7. The van der Waals surface area contributed by atoms with E-state index in [0.29, 0.717) is 9.89 Å². The molecular weight excluding hydrogens is 295 g/mol. The molecule has 2 rings (SSSR count). The minimum atomic E-state index is -0.176. The van der Waals surface area contributed by atoms with Crippen LogP contribution in [0, 0.1) is 11.2 Å². The van der Waals surface area contributed by atoms with Gasteiger partial charge in [-0.25, -0.2) is 4.39 Å². The largest absolute Gasteiger partial charge is 0.319 e. The standard InChI is InChI=1S/C14H20BrFN2/c1-14(9-17-2)6-7-18(10-14)8-11-4-3-5-12(16)13(11)15/h3-5,17H,6-10H2,1-2H3. The second kappa shape index (κ2) is 5.68. The highest BCUT2D eigenvalue weighted by molar-refractivity contribution is 9.10. The molecule has 1 heterocycles. The first-order chi connectivity index (χ1) is 8.54. The fourth-order valence-electron chi connectivity index (χ4n) is 2.74. The van der Waals surface area contributed by atoms with Gasteiger partial charge in [-0.1, -0.05) is 19.1 Å². The van der Waals surface area contributed by atoms with E-state index in [-0.39, 0.29) is 5.82 Å². The molecule has 0 spiro atoms. The fraction of sp³-hybridized carbons (Fsp3) is 0.571. The summed E-state index contributed by atoms with van der Waals surface area (Å²) >= 11 is 3.33. The van der Waals surface area contributed by atoms with Gasteiger partial charge in [0.05, 0.1) is 4.47 Å². The smallest absolute Gasteiger partial charge is 0.137 e. The number of likely N-dealkylation sites (tertiary alicyclic amines) is 1. The van der Waals surface area contributed by atoms with Gasteiger partial charge in [0.2, 0.25) is 0 Å². The molecular formula is C14H20BrFN2. The number of halogens is 2. The summed E-state index contributed by atoms with van der Waals surface area (Å²) < 4.78 is 14.1. The van der Waals surface area contributed by atoms with Crippen LogP contribution in [-0.4, -0.2) is 31.6 Å². The summed E-state index contributed by atoms with van der Waals surface area (Å²) in [5.74, 6) is -0.176. The van der Waals surface area contributed by atoms with Gasteiger partial charge in [0.15, 0.2) is 0 Å². The number of nitrogens with zero attached hydrogens (tertiary/aromatic N) is 1. The lowest BCUT2D eigenvalue weighted by Gasteiger charge is -2.24. The van der Waals surface area contributed by atoms with E-state index in [4.69, 9.17) is 0 Å². The molecule has 1 aliphatic heterocycles. The molecule has 0 aliphatic carbocycles. The van der Waals surface area contributed by atoms with Gasteiger partial charge in [-0.2, -0.15) is 0 Å². The van der Waals surface area contributed by atoms with Crippen molar-refractivity contribution in [3.8, 4) is 0 Å². The van der Waals surface area contributed by atoms with Crippen LogP contribution in [0.1, 0.15) is 18.9 Å². The summed E-state index contributed by atoms with van der Waals surface area (Å²) in [4.78, 5) is 2.40. The number of hydrogen-bond acceptors (Lipinski definition) is 2. The second-order valence-electron chi connectivity index (χ2n) is 5.51. The predicted molar refractivity (Wildman–Crippen MR) is 76.0 cm³/mol. The average Bonchev–Trinajstić information content (AvgIpc) is 2.67. The number of nitrogens with one attached hydrogen (secondary N) is 1. The van der Waals surface area contributed by atoms with Crippen LogP contribution in [0.3, 0.4) is 0 Å². The maximum Gasteiger partial charge on any atom is 0.137 e. The SMILES string of the molecule is CNCC1(C)CCN(Cc2cccc(F)c2Br)C1. The molecule has 1 N–H and O–H groups in total. The Morgan fingerprint density at radius 2 is 2.28 bits per heavy atom. The molecule has 100 valence electrons. The molecule has 1 atom stereocenters. The van der Waals surface area contributed by atoms with Crippen molar-refractivity contribution in [2.24, 2.45) is 5.41 Å². The maximum atomic E-state index is 13.5. The minimum Gasteiger partial charge on any atom is -0.319 e. The van der Waals surface area contributed by atoms with Crippen LogP contribution in [0.25, 0.3) is 0 Å². The van der Waals surface area contributed by atoms with Crippen molar-refractivity contribution in [1.82, 2.24) is 10.2 Å².